The maximum atomic E-state index is 11.0. The Labute approximate surface area is 120 Å². The van der Waals surface area contributed by atoms with E-state index in [2.05, 4.69) is 10.3 Å². The number of thiazole rings is 1. The monoisotopic (exact) mass is 293 g/mol. The van der Waals surface area contributed by atoms with Gasteiger partial charge in [0.05, 0.1) is 14.8 Å². The Morgan fingerprint density at radius 2 is 2.30 bits per heavy atom. The second-order valence-electron chi connectivity index (χ2n) is 4.22. The number of nitrogens with zero attached hydrogens (tertiary/aromatic N) is 2. The van der Waals surface area contributed by atoms with Crippen molar-refractivity contribution in [1.29, 1.82) is 0 Å². The minimum Gasteiger partial charge on any atom is -0.481 e. The van der Waals surface area contributed by atoms with Crippen LogP contribution in [0, 0.1) is 17.0 Å². The van der Waals surface area contributed by atoms with Crippen molar-refractivity contribution >= 4 is 17.0 Å². The number of aromatic nitrogens is 1. The third kappa shape index (κ3) is 3.52. The molecule has 0 bridgehead atoms. The predicted octanol–water partition coefficient (Wildman–Crippen LogP) is 2.66. The van der Waals surface area contributed by atoms with Gasteiger partial charge < -0.3 is 10.1 Å². The van der Waals surface area contributed by atoms with E-state index in [9.17, 15) is 10.1 Å². The van der Waals surface area contributed by atoms with Crippen LogP contribution in [0.4, 0.5) is 5.69 Å². The fraction of sp³-hybridized carbons (Fsp3) is 0.308. The molecule has 0 aliphatic carbocycles. The molecular weight excluding hydrogens is 278 g/mol. The maximum Gasteiger partial charge on any atom is 0.310 e. The highest BCUT2D eigenvalue weighted by Crippen LogP contribution is 2.29. The molecule has 0 unspecified atom stereocenters. The van der Waals surface area contributed by atoms with Gasteiger partial charge in [0, 0.05) is 18.8 Å². The summed E-state index contributed by atoms with van der Waals surface area (Å²) in [6.07, 6.45) is 1.73. The number of hydrogen-bond acceptors (Lipinski definition) is 6. The Morgan fingerprint density at radius 1 is 1.50 bits per heavy atom. The van der Waals surface area contributed by atoms with Crippen molar-refractivity contribution in [3.63, 3.8) is 0 Å². The molecular formula is C13H15N3O3S. The lowest BCUT2D eigenvalue weighted by Crippen LogP contribution is -2.06. The van der Waals surface area contributed by atoms with E-state index < -0.39 is 4.92 Å². The summed E-state index contributed by atoms with van der Waals surface area (Å²) in [5.41, 5.74) is 0.916. The summed E-state index contributed by atoms with van der Waals surface area (Å²) in [5.74, 6) is 0.286. The van der Waals surface area contributed by atoms with Crippen LogP contribution in [-0.2, 0) is 13.2 Å². The zero-order valence-electron chi connectivity index (χ0n) is 11.3. The Hall–Kier alpha value is -1.99. The van der Waals surface area contributed by atoms with E-state index in [1.54, 1.807) is 18.3 Å². The Bertz CT molecular complexity index is 613. The molecule has 0 radical (unpaired) electrons. The standard InChI is InChI=1S/C13H15N3O3S/c1-9-15-7-11(20-9)8-19-13-5-10(6-14-2)3-4-12(13)16(17)18/h3-5,7,14H,6,8H2,1-2H3. The summed E-state index contributed by atoms with van der Waals surface area (Å²) in [7, 11) is 1.82. The number of ether oxygens (including phenoxy) is 1. The van der Waals surface area contributed by atoms with Gasteiger partial charge in [-0.25, -0.2) is 4.98 Å². The molecule has 0 aliphatic rings. The molecule has 0 saturated heterocycles. The summed E-state index contributed by atoms with van der Waals surface area (Å²) in [6.45, 7) is 2.83. The lowest BCUT2D eigenvalue weighted by molar-refractivity contribution is -0.386. The Kier molecular flexibility index (Phi) is 4.65. The third-order valence-electron chi connectivity index (χ3n) is 2.64. The first-order chi connectivity index (χ1) is 9.60. The molecule has 6 nitrogen and oxygen atoms in total. The van der Waals surface area contributed by atoms with Crippen molar-refractivity contribution in [1.82, 2.24) is 10.3 Å². The van der Waals surface area contributed by atoms with E-state index in [1.807, 2.05) is 14.0 Å². The molecule has 0 spiro atoms. The lowest BCUT2D eigenvalue weighted by Gasteiger charge is -2.07. The van der Waals surface area contributed by atoms with Crippen LogP contribution in [-0.4, -0.2) is 17.0 Å². The molecule has 1 N–H and O–H groups in total. The van der Waals surface area contributed by atoms with Gasteiger partial charge in [0.15, 0.2) is 5.75 Å². The number of aryl methyl sites for hydroxylation is 1. The van der Waals surface area contributed by atoms with Crippen molar-refractivity contribution in [2.24, 2.45) is 0 Å². The molecule has 2 rings (SSSR count). The minimum absolute atomic E-state index is 0.0221. The first kappa shape index (κ1) is 14.4. The highest BCUT2D eigenvalue weighted by atomic mass is 32.1. The van der Waals surface area contributed by atoms with Crippen LogP contribution in [0.5, 0.6) is 5.75 Å². The zero-order valence-corrected chi connectivity index (χ0v) is 12.1. The van der Waals surface area contributed by atoms with Gasteiger partial charge in [-0.3, -0.25) is 10.1 Å². The van der Waals surface area contributed by atoms with Crippen LogP contribution in [0.25, 0.3) is 0 Å². The largest absolute Gasteiger partial charge is 0.481 e. The molecule has 2 aromatic rings. The second-order valence-corrected chi connectivity index (χ2v) is 5.54. The van der Waals surface area contributed by atoms with E-state index in [0.717, 1.165) is 15.4 Å². The SMILES string of the molecule is CNCc1ccc([N+](=O)[O-])c(OCc2cnc(C)s2)c1. The zero-order chi connectivity index (χ0) is 14.5. The van der Waals surface area contributed by atoms with Gasteiger partial charge in [0.2, 0.25) is 0 Å². The second kappa shape index (κ2) is 6.44. The molecule has 1 heterocycles. The Balaban J connectivity index is 2.18. The quantitative estimate of drug-likeness (QED) is 0.654. The molecule has 0 fully saturated rings. The number of hydrogen-bond donors (Lipinski definition) is 1. The number of rotatable bonds is 6. The van der Waals surface area contributed by atoms with Crippen LogP contribution in [0.15, 0.2) is 24.4 Å². The normalized spacial score (nSPS) is 10.5. The molecule has 1 aromatic heterocycles. The lowest BCUT2D eigenvalue weighted by atomic mass is 10.2. The van der Waals surface area contributed by atoms with Crippen molar-refractivity contribution in [3.05, 3.63) is 50.0 Å². The van der Waals surface area contributed by atoms with Crippen LogP contribution in [0.3, 0.4) is 0 Å². The first-order valence-electron chi connectivity index (χ1n) is 6.06. The summed E-state index contributed by atoms with van der Waals surface area (Å²) < 4.78 is 5.59. The summed E-state index contributed by atoms with van der Waals surface area (Å²) in [6, 6.07) is 4.89. The van der Waals surface area contributed by atoms with Gasteiger partial charge in [-0.1, -0.05) is 6.07 Å². The summed E-state index contributed by atoms with van der Waals surface area (Å²) in [4.78, 5) is 15.6. The summed E-state index contributed by atoms with van der Waals surface area (Å²) in [5, 5.41) is 15.0. The van der Waals surface area contributed by atoms with Gasteiger partial charge in [-0.05, 0) is 25.6 Å². The van der Waals surface area contributed by atoms with Gasteiger partial charge >= 0.3 is 5.69 Å². The molecule has 0 atom stereocenters. The number of nitro benzene ring substituents is 1. The average Bonchev–Trinajstić information content (AvgIpc) is 2.82. The van der Waals surface area contributed by atoms with Crippen molar-refractivity contribution in [3.8, 4) is 5.75 Å². The van der Waals surface area contributed by atoms with Gasteiger partial charge in [-0.2, -0.15) is 0 Å². The Morgan fingerprint density at radius 3 is 2.90 bits per heavy atom. The molecule has 1 aromatic carbocycles. The molecule has 0 amide bonds. The van der Waals surface area contributed by atoms with Crippen molar-refractivity contribution in [2.45, 2.75) is 20.1 Å². The van der Waals surface area contributed by atoms with Crippen molar-refractivity contribution < 1.29 is 9.66 Å². The van der Waals surface area contributed by atoms with Crippen LogP contribution < -0.4 is 10.1 Å². The number of nitrogens with one attached hydrogen (secondary N) is 1. The molecule has 7 heteroatoms. The van der Waals surface area contributed by atoms with E-state index in [0.29, 0.717) is 6.54 Å². The summed E-state index contributed by atoms with van der Waals surface area (Å²) >= 11 is 1.52. The minimum atomic E-state index is -0.434. The average molecular weight is 293 g/mol. The third-order valence-corrected chi connectivity index (χ3v) is 3.53. The van der Waals surface area contributed by atoms with E-state index in [4.69, 9.17) is 4.74 Å². The van der Waals surface area contributed by atoms with Crippen LogP contribution >= 0.6 is 11.3 Å². The van der Waals surface area contributed by atoms with E-state index >= 15 is 0 Å². The van der Waals surface area contributed by atoms with E-state index in [-0.39, 0.29) is 18.0 Å². The highest BCUT2D eigenvalue weighted by molar-refractivity contribution is 7.11. The van der Waals surface area contributed by atoms with Crippen LogP contribution in [0.2, 0.25) is 0 Å². The topological polar surface area (TPSA) is 77.3 Å². The first-order valence-corrected chi connectivity index (χ1v) is 6.88. The molecule has 0 aliphatic heterocycles. The van der Waals surface area contributed by atoms with Gasteiger partial charge in [-0.15, -0.1) is 11.3 Å². The highest BCUT2D eigenvalue weighted by Gasteiger charge is 2.16. The predicted molar refractivity (Wildman–Crippen MR) is 77.0 cm³/mol. The smallest absolute Gasteiger partial charge is 0.310 e. The van der Waals surface area contributed by atoms with Crippen LogP contribution in [0.1, 0.15) is 15.4 Å². The van der Waals surface area contributed by atoms with Crippen molar-refractivity contribution in [2.75, 3.05) is 7.05 Å². The number of benzene rings is 1. The molecule has 0 saturated carbocycles. The van der Waals surface area contributed by atoms with Gasteiger partial charge in [0.25, 0.3) is 0 Å². The molecule has 106 valence electrons. The van der Waals surface area contributed by atoms with Gasteiger partial charge in [0.1, 0.15) is 6.61 Å². The maximum absolute atomic E-state index is 11.0. The van der Waals surface area contributed by atoms with E-state index in [1.165, 1.54) is 17.4 Å². The molecule has 20 heavy (non-hydrogen) atoms. The fourth-order valence-electron chi connectivity index (χ4n) is 1.76. The number of nitro groups is 1. The fourth-order valence-corrected chi connectivity index (χ4v) is 2.47.